The van der Waals surface area contributed by atoms with Crippen molar-refractivity contribution in [2.75, 3.05) is 7.05 Å². The second-order valence-corrected chi connectivity index (χ2v) is 4.81. The molecule has 2 aromatic rings. The Morgan fingerprint density at radius 2 is 2.00 bits per heavy atom. The molecule has 0 saturated carbocycles. The van der Waals surface area contributed by atoms with Crippen LogP contribution in [0, 0.1) is 12.7 Å². The molecule has 2 rings (SSSR count). The van der Waals surface area contributed by atoms with E-state index in [2.05, 4.69) is 0 Å². The van der Waals surface area contributed by atoms with Crippen molar-refractivity contribution in [1.29, 1.82) is 0 Å². The second kappa shape index (κ2) is 5.74. The quantitative estimate of drug-likeness (QED) is 0.933. The van der Waals surface area contributed by atoms with Crippen LogP contribution in [0.5, 0.6) is 5.75 Å². The highest BCUT2D eigenvalue weighted by molar-refractivity contribution is 5.94. The van der Waals surface area contributed by atoms with Crippen LogP contribution in [0.25, 0.3) is 0 Å². The number of benzene rings is 2. The molecule has 0 atom stereocenters. The summed E-state index contributed by atoms with van der Waals surface area (Å²) in [7, 11) is 1.62. The number of phenols is 1. The standard InChI is InChI=1S/C16H16FNO2/c1-11-4-3-5-12(8-11)10-18(2)16(20)14-7-6-13(19)9-15(14)17/h3-9,19H,10H2,1-2H3. The van der Waals surface area contributed by atoms with E-state index in [0.29, 0.717) is 6.54 Å². The number of amides is 1. The zero-order valence-electron chi connectivity index (χ0n) is 11.4. The number of rotatable bonds is 3. The number of carbonyl (C=O) groups is 1. The van der Waals surface area contributed by atoms with Crippen LogP contribution in [0.4, 0.5) is 4.39 Å². The van der Waals surface area contributed by atoms with Gasteiger partial charge in [-0.05, 0) is 24.6 Å². The van der Waals surface area contributed by atoms with Crippen LogP contribution in [0.1, 0.15) is 21.5 Å². The highest BCUT2D eigenvalue weighted by Gasteiger charge is 2.16. The largest absolute Gasteiger partial charge is 0.508 e. The number of hydrogen-bond donors (Lipinski definition) is 1. The van der Waals surface area contributed by atoms with Gasteiger partial charge >= 0.3 is 0 Å². The van der Waals surface area contributed by atoms with Crippen molar-refractivity contribution >= 4 is 5.91 Å². The molecule has 0 aliphatic heterocycles. The fourth-order valence-corrected chi connectivity index (χ4v) is 2.04. The zero-order chi connectivity index (χ0) is 14.7. The third-order valence-electron chi connectivity index (χ3n) is 3.03. The van der Waals surface area contributed by atoms with Crippen molar-refractivity contribution in [3.63, 3.8) is 0 Å². The van der Waals surface area contributed by atoms with Gasteiger partial charge in [-0.25, -0.2) is 4.39 Å². The third kappa shape index (κ3) is 3.15. The van der Waals surface area contributed by atoms with Gasteiger partial charge in [-0.15, -0.1) is 0 Å². The van der Waals surface area contributed by atoms with E-state index >= 15 is 0 Å². The topological polar surface area (TPSA) is 40.5 Å². The van der Waals surface area contributed by atoms with Gasteiger partial charge in [0.1, 0.15) is 11.6 Å². The number of aromatic hydroxyl groups is 1. The molecule has 2 aromatic carbocycles. The molecule has 0 unspecified atom stereocenters. The van der Waals surface area contributed by atoms with Crippen LogP contribution in [0.3, 0.4) is 0 Å². The molecule has 3 nitrogen and oxygen atoms in total. The molecule has 0 bridgehead atoms. The Hall–Kier alpha value is -2.36. The Morgan fingerprint density at radius 1 is 1.25 bits per heavy atom. The normalized spacial score (nSPS) is 10.3. The Kier molecular flexibility index (Phi) is 4.03. The van der Waals surface area contributed by atoms with Crippen LogP contribution in [0.2, 0.25) is 0 Å². The average molecular weight is 273 g/mol. The van der Waals surface area contributed by atoms with Crippen LogP contribution in [0.15, 0.2) is 42.5 Å². The zero-order valence-corrected chi connectivity index (χ0v) is 11.4. The molecule has 1 N–H and O–H groups in total. The SMILES string of the molecule is Cc1cccc(CN(C)C(=O)c2ccc(O)cc2F)c1. The number of hydrogen-bond acceptors (Lipinski definition) is 2. The summed E-state index contributed by atoms with van der Waals surface area (Å²) in [6.45, 7) is 2.38. The third-order valence-corrected chi connectivity index (χ3v) is 3.03. The van der Waals surface area contributed by atoms with Crippen molar-refractivity contribution in [3.05, 3.63) is 65.0 Å². The molecular weight excluding hydrogens is 257 g/mol. The van der Waals surface area contributed by atoms with Gasteiger partial charge in [0.25, 0.3) is 5.91 Å². The first kappa shape index (κ1) is 14.1. The lowest BCUT2D eigenvalue weighted by atomic mass is 10.1. The minimum atomic E-state index is -0.717. The van der Waals surface area contributed by atoms with Gasteiger partial charge in [0.2, 0.25) is 0 Å². The van der Waals surface area contributed by atoms with Crippen LogP contribution >= 0.6 is 0 Å². The second-order valence-electron chi connectivity index (χ2n) is 4.81. The molecule has 0 saturated heterocycles. The van der Waals surface area contributed by atoms with Crippen molar-refractivity contribution in [1.82, 2.24) is 4.90 Å². The van der Waals surface area contributed by atoms with Crippen molar-refractivity contribution in [2.45, 2.75) is 13.5 Å². The lowest BCUT2D eigenvalue weighted by molar-refractivity contribution is 0.0780. The van der Waals surface area contributed by atoms with E-state index in [1.807, 2.05) is 31.2 Å². The summed E-state index contributed by atoms with van der Waals surface area (Å²) in [6, 6.07) is 11.3. The fraction of sp³-hybridized carbons (Fsp3) is 0.188. The van der Waals surface area contributed by atoms with Gasteiger partial charge < -0.3 is 10.0 Å². The maximum Gasteiger partial charge on any atom is 0.256 e. The minimum Gasteiger partial charge on any atom is -0.508 e. The molecule has 0 fully saturated rings. The molecule has 4 heteroatoms. The Labute approximate surface area is 117 Å². The van der Waals surface area contributed by atoms with Crippen molar-refractivity contribution in [2.24, 2.45) is 0 Å². The van der Waals surface area contributed by atoms with Gasteiger partial charge in [-0.1, -0.05) is 29.8 Å². The molecule has 0 aliphatic rings. The lowest BCUT2D eigenvalue weighted by Gasteiger charge is -2.18. The van der Waals surface area contributed by atoms with Gasteiger partial charge in [-0.3, -0.25) is 4.79 Å². The molecule has 0 heterocycles. The Morgan fingerprint density at radius 3 is 2.65 bits per heavy atom. The van der Waals surface area contributed by atoms with E-state index in [1.54, 1.807) is 7.05 Å². The molecule has 0 aromatic heterocycles. The fourth-order valence-electron chi connectivity index (χ4n) is 2.04. The Balaban J connectivity index is 2.16. The number of phenolic OH excluding ortho intramolecular Hbond substituents is 1. The minimum absolute atomic E-state index is 0.0436. The summed E-state index contributed by atoms with van der Waals surface area (Å²) in [5.41, 5.74) is 2.05. The number of carbonyl (C=O) groups excluding carboxylic acids is 1. The maximum atomic E-state index is 13.7. The van der Waals surface area contributed by atoms with E-state index in [-0.39, 0.29) is 11.3 Å². The van der Waals surface area contributed by atoms with E-state index < -0.39 is 11.7 Å². The van der Waals surface area contributed by atoms with E-state index in [9.17, 15) is 9.18 Å². The highest BCUT2D eigenvalue weighted by Crippen LogP contribution is 2.17. The predicted molar refractivity (Wildman–Crippen MR) is 75.0 cm³/mol. The molecule has 0 radical (unpaired) electrons. The first-order valence-electron chi connectivity index (χ1n) is 6.27. The van der Waals surface area contributed by atoms with Gasteiger partial charge in [-0.2, -0.15) is 0 Å². The molecule has 104 valence electrons. The van der Waals surface area contributed by atoms with Gasteiger partial charge in [0.05, 0.1) is 5.56 Å². The average Bonchev–Trinajstić information content (AvgIpc) is 2.38. The summed E-state index contributed by atoms with van der Waals surface area (Å²) in [4.78, 5) is 13.6. The van der Waals surface area contributed by atoms with Crippen LogP contribution in [-0.2, 0) is 6.54 Å². The van der Waals surface area contributed by atoms with Crippen molar-refractivity contribution < 1.29 is 14.3 Å². The van der Waals surface area contributed by atoms with Crippen LogP contribution in [-0.4, -0.2) is 23.0 Å². The molecule has 0 aliphatic carbocycles. The van der Waals surface area contributed by atoms with Gasteiger partial charge in [0, 0.05) is 19.7 Å². The molecule has 0 spiro atoms. The first-order chi connectivity index (χ1) is 9.47. The molecule has 1 amide bonds. The summed E-state index contributed by atoms with van der Waals surface area (Å²) in [6.07, 6.45) is 0. The number of nitrogens with zero attached hydrogens (tertiary/aromatic N) is 1. The molecular formula is C16H16FNO2. The van der Waals surface area contributed by atoms with Crippen LogP contribution < -0.4 is 0 Å². The number of halogens is 1. The number of aryl methyl sites for hydroxylation is 1. The maximum absolute atomic E-state index is 13.7. The highest BCUT2D eigenvalue weighted by atomic mass is 19.1. The first-order valence-corrected chi connectivity index (χ1v) is 6.27. The summed E-state index contributed by atoms with van der Waals surface area (Å²) in [5.74, 6) is -1.32. The summed E-state index contributed by atoms with van der Waals surface area (Å²) in [5, 5.41) is 9.16. The van der Waals surface area contributed by atoms with Gasteiger partial charge in [0.15, 0.2) is 0 Å². The van der Waals surface area contributed by atoms with E-state index in [4.69, 9.17) is 5.11 Å². The summed E-state index contributed by atoms with van der Waals surface area (Å²) < 4.78 is 13.7. The molecule has 20 heavy (non-hydrogen) atoms. The Bertz CT molecular complexity index is 640. The van der Waals surface area contributed by atoms with Crippen molar-refractivity contribution in [3.8, 4) is 5.75 Å². The monoisotopic (exact) mass is 273 g/mol. The van der Waals surface area contributed by atoms with E-state index in [1.165, 1.54) is 17.0 Å². The predicted octanol–water partition coefficient (Wildman–Crippen LogP) is 3.11. The van der Waals surface area contributed by atoms with E-state index in [0.717, 1.165) is 17.2 Å². The summed E-state index contributed by atoms with van der Waals surface area (Å²) >= 11 is 0. The lowest BCUT2D eigenvalue weighted by Crippen LogP contribution is -2.27. The smallest absolute Gasteiger partial charge is 0.256 e.